The SMILES string of the molecule is COc1ccc(F)cc1C(=O)NCc1ccc(-c2nn(CC3CN(C)CCN3C(=O)n3cncn3)c3ncnc(N)c23)cc1. The van der Waals surface area contributed by atoms with E-state index in [4.69, 9.17) is 15.6 Å². The average Bonchev–Trinajstić information content (AvgIpc) is 3.70. The molecule has 1 aliphatic heterocycles. The predicted molar refractivity (Wildman–Crippen MR) is 158 cm³/mol. The number of methoxy groups -OCH3 is 1. The number of likely N-dealkylation sites (N-methyl/N-ethyl adjacent to an activating group) is 1. The molecule has 2 aromatic carbocycles. The zero-order valence-electron chi connectivity index (χ0n) is 24.1. The number of carbonyl (C=O) groups excluding carboxylic acids is 2. The standard InChI is InChI=1S/C29H30FN11O3/c1-38-9-10-39(29(43)41-17-32-15-36-41)21(13-38)14-40-27-24(26(31)34-16-35-27)25(37-40)19-5-3-18(4-6-19)12-33-28(42)22-11-20(30)7-8-23(22)44-2/h3-8,11,15-17,21H,9-10,12-14H2,1-2H3,(H,33,42)(H2,31,34,35). The summed E-state index contributed by atoms with van der Waals surface area (Å²) in [4.78, 5) is 42.4. The fourth-order valence-corrected chi connectivity index (χ4v) is 5.33. The zero-order valence-corrected chi connectivity index (χ0v) is 24.1. The molecule has 5 aromatic rings. The Hall–Kier alpha value is -5.44. The molecule has 1 fully saturated rings. The van der Waals surface area contributed by atoms with E-state index < -0.39 is 11.7 Å². The second kappa shape index (κ2) is 12.0. The number of nitrogens with one attached hydrogen (secondary N) is 1. The topological polar surface area (TPSA) is 162 Å². The quantitative estimate of drug-likeness (QED) is 0.283. The fraction of sp³-hybridized carbons (Fsp3) is 0.276. The molecule has 0 bridgehead atoms. The number of amides is 2. The van der Waals surface area contributed by atoms with Crippen molar-refractivity contribution in [2.75, 3.05) is 39.5 Å². The van der Waals surface area contributed by atoms with Crippen molar-refractivity contribution >= 4 is 28.8 Å². The van der Waals surface area contributed by atoms with E-state index in [-0.39, 0.29) is 35.7 Å². The van der Waals surface area contributed by atoms with Gasteiger partial charge in [-0.15, -0.1) is 0 Å². The Balaban J connectivity index is 1.24. The van der Waals surface area contributed by atoms with E-state index in [1.165, 1.54) is 42.9 Å². The molecule has 2 amide bonds. The summed E-state index contributed by atoms with van der Waals surface area (Å²) in [5, 5.41) is 12.3. The van der Waals surface area contributed by atoms with E-state index in [9.17, 15) is 14.0 Å². The van der Waals surface area contributed by atoms with Crippen molar-refractivity contribution in [3.8, 4) is 17.0 Å². The summed E-state index contributed by atoms with van der Waals surface area (Å²) in [6.45, 7) is 2.45. The molecule has 3 aromatic heterocycles. The minimum absolute atomic E-state index is 0.113. The lowest BCUT2D eigenvalue weighted by molar-refractivity contribution is 0.0946. The first-order chi connectivity index (χ1) is 21.3. The second-order valence-corrected chi connectivity index (χ2v) is 10.4. The van der Waals surface area contributed by atoms with E-state index in [2.05, 4.69) is 30.3 Å². The number of hydrogen-bond acceptors (Lipinski definition) is 10. The third-order valence-electron chi connectivity index (χ3n) is 7.58. The number of fused-ring (bicyclic) bond motifs is 1. The van der Waals surface area contributed by atoms with Gasteiger partial charge in [0, 0.05) is 31.7 Å². The Morgan fingerprint density at radius 2 is 1.93 bits per heavy atom. The summed E-state index contributed by atoms with van der Waals surface area (Å²) >= 11 is 0. The van der Waals surface area contributed by atoms with E-state index in [1.807, 2.05) is 31.3 Å². The number of nitrogens with two attached hydrogens (primary N) is 1. The molecule has 1 aliphatic rings. The van der Waals surface area contributed by atoms with E-state index in [0.717, 1.165) is 23.7 Å². The first kappa shape index (κ1) is 28.7. The lowest BCUT2D eigenvalue weighted by atomic mass is 10.1. The van der Waals surface area contributed by atoms with Gasteiger partial charge in [0.05, 0.1) is 30.6 Å². The van der Waals surface area contributed by atoms with Crippen LogP contribution in [0.5, 0.6) is 5.75 Å². The van der Waals surface area contributed by atoms with Crippen LogP contribution in [0.15, 0.2) is 61.4 Å². The number of piperazine rings is 1. The molecule has 0 saturated carbocycles. The van der Waals surface area contributed by atoms with Gasteiger partial charge < -0.3 is 25.6 Å². The first-order valence-corrected chi connectivity index (χ1v) is 13.8. The highest BCUT2D eigenvalue weighted by Crippen LogP contribution is 2.31. The van der Waals surface area contributed by atoms with Crippen molar-refractivity contribution in [2.24, 2.45) is 0 Å². The number of nitrogen functional groups attached to an aromatic ring is 1. The Morgan fingerprint density at radius 1 is 1.11 bits per heavy atom. The molecule has 3 N–H and O–H groups in total. The largest absolute Gasteiger partial charge is 0.496 e. The van der Waals surface area contributed by atoms with Gasteiger partial charge in [-0.05, 0) is 30.8 Å². The summed E-state index contributed by atoms with van der Waals surface area (Å²) in [6, 6.07) is 10.8. The average molecular weight is 600 g/mol. The van der Waals surface area contributed by atoms with Gasteiger partial charge in [-0.2, -0.15) is 14.9 Å². The number of halogens is 1. The van der Waals surface area contributed by atoms with Gasteiger partial charge in [0.1, 0.15) is 42.1 Å². The number of rotatable bonds is 7. The van der Waals surface area contributed by atoms with Crippen LogP contribution in [0, 0.1) is 5.82 Å². The molecule has 15 heteroatoms. The van der Waals surface area contributed by atoms with Gasteiger partial charge in [-0.25, -0.2) is 28.8 Å². The van der Waals surface area contributed by atoms with E-state index in [1.54, 1.807) is 9.58 Å². The van der Waals surface area contributed by atoms with E-state index >= 15 is 0 Å². The number of aromatic nitrogens is 7. The van der Waals surface area contributed by atoms with Gasteiger partial charge in [0.2, 0.25) is 0 Å². The Labute approximate surface area is 251 Å². The summed E-state index contributed by atoms with van der Waals surface area (Å²) < 4.78 is 21.9. The summed E-state index contributed by atoms with van der Waals surface area (Å²) in [7, 11) is 3.43. The van der Waals surface area contributed by atoms with Crippen molar-refractivity contribution in [3.05, 3.63) is 78.4 Å². The van der Waals surface area contributed by atoms with Crippen molar-refractivity contribution in [2.45, 2.75) is 19.1 Å². The van der Waals surface area contributed by atoms with Gasteiger partial charge >= 0.3 is 6.03 Å². The van der Waals surface area contributed by atoms with Crippen LogP contribution in [0.3, 0.4) is 0 Å². The smallest absolute Gasteiger partial charge is 0.346 e. The number of carbonyl (C=O) groups is 2. The van der Waals surface area contributed by atoms with Crippen molar-refractivity contribution < 1.29 is 18.7 Å². The Kier molecular flexibility index (Phi) is 7.85. The minimum atomic E-state index is -0.528. The van der Waals surface area contributed by atoms with Crippen LogP contribution in [0.1, 0.15) is 15.9 Å². The third-order valence-corrected chi connectivity index (χ3v) is 7.58. The molecule has 6 rings (SSSR count). The first-order valence-electron chi connectivity index (χ1n) is 13.8. The van der Waals surface area contributed by atoms with Crippen LogP contribution in [0.4, 0.5) is 15.0 Å². The number of anilines is 1. The van der Waals surface area contributed by atoms with Crippen LogP contribution in [-0.2, 0) is 13.1 Å². The monoisotopic (exact) mass is 599 g/mol. The van der Waals surface area contributed by atoms with E-state index in [0.29, 0.717) is 36.4 Å². The molecular weight excluding hydrogens is 569 g/mol. The number of ether oxygens (including phenoxy) is 1. The number of nitrogens with zero attached hydrogens (tertiary/aromatic N) is 9. The fourth-order valence-electron chi connectivity index (χ4n) is 5.33. The van der Waals surface area contributed by atoms with Crippen molar-refractivity contribution in [1.29, 1.82) is 0 Å². The molecule has 4 heterocycles. The van der Waals surface area contributed by atoms with Gasteiger partial charge in [0.15, 0.2) is 5.65 Å². The molecule has 226 valence electrons. The molecule has 1 unspecified atom stereocenters. The normalized spacial score (nSPS) is 15.4. The van der Waals surface area contributed by atoms with Gasteiger partial charge in [0.25, 0.3) is 5.91 Å². The minimum Gasteiger partial charge on any atom is -0.496 e. The summed E-state index contributed by atoms with van der Waals surface area (Å²) in [5.74, 6) is -0.412. The van der Waals surface area contributed by atoms with Crippen LogP contribution >= 0.6 is 0 Å². The van der Waals surface area contributed by atoms with Crippen molar-refractivity contribution in [1.82, 2.24) is 49.6 Å². The molecule has 0 aliphatic carbocycles. The third kappa shape index (κ3) is 5.64. The highest BCUT2D eigenvalue weighted by Gasteiger charge is 2.32. The van der Waals surface area contributed by atoms with Crippen LogP contribution in [-0.4, -0.2) is 96.1 Å². The van der Waals surface area contributed by atoms with Crippen LogP contribution in [0.25, 0.3) is 22.3 Å². The maximum atomic E-state index is 13.7. The molecule has 0 radical (unpaired) electrons. The summed E-state index contributed by atoms with van der Waals surface area (Å²) in [6.07, 6.45) is 4.11. The highest BCUT2D eigenvalue weighted by molar-refractivity contribution is 5.98. The maximum absolute atomic E-state index is 13.7. The highest BCUT2D eigenvalue weighted by atomic mass is 19.1. The molecule has 44 heavy (non-hydrogen) atoms. The summed E-state index contributed by atoms with van der Waals surface area (Å²) in [5.41, 5.74) is 9.17. The number of hydrogen-bond donors (Lipinski definition) is 2. The van der Waals surface area contributed by atoms with Gasteiger partial charge in [-0.3, -0.25) is 4.79 Å². The molecular formula is C29H30FN11O3. The zero-order chi connectivity index (χ0) is 30.8. The lowest BCUT2D eigenvalue weighted by Crippen LogP contribution is -2.56. The molecule has 1 atom stereocenters. The Morgan fingerprint density at radius 3 is 2.68 bits per heavy atom. The predicted octanol–water partition coefficient (Wildman–Crippen LogP) is 2.03. The van der Waals surface area contributed by atoms with Crippen LogP contribution in [0.2, 0.25) is 0 Å². The lowest BCUT2D eigenvalue weighted by Gasteiger charge is -2.39. The molecule has 1 saturated heterocycles. The second-order valence-electron chi connectivity index (χ2n) is 10.4. The van der Waals surface area contributed by atoms with Crippen LogP contribution < -0.4 is 15.8 Å². The molecule has 0 spiro atoms. The van der Waals surface area contributed by atoms with Gasteiger partial charge in [-0.1, -0.05) is 24.3 Å². The van der Waals surface area contributed by atoms with Crippen molar-refractivity contribution in [3.63, 3.8) is 0 Å². The number of benzene rings is 2. The Bertz CT molecular complexity index is 1810. The maximum Gasteiger partial charge on any atom is 0.346 e. The molecule has 14 nitrogen and oxygen atoms in total.